The molecule has 3 aromatic rings. The number of rotatable bonds is 3. The highest BCUT2D eigenvalue weighted by molar-refractivity contribution is 5.79. The zero-order valence-corrected chi connectivity index (χ0v) is 11.5. The van der Waals surface area contributed by atoms with Crippen LogP contribution in [0.5, 0.6) is 5.75 Å². The molecule has 0 aliphatic heterocycles. The van der Waals surface area contributed by atoms with E-state index in [1.54, 1.807) is 43.5 Å². The minimum Gasteiger partial charge on any atom is -0.496 e. The Morgan fingerprint density at radius 1 is 1.24 bits per heavy atom. The second kappa shape index (κ2) is 5.38. The maximum absolute atomic E-state index is 12.1. The second-order valence-corrected chi connectivity index (χ2v) is 4.62. The minimum absolute atomic E-state index is 0.144. The van der Waals surface area contributed by atoms with Crippen LogP contribution < -0.4 is 10.3 Å². The molecule has 2 N–H and O–H groups in total. The number of hydrogen-bond donors (Lipinski definition) is 2. The number of nitrogens with one attached hydrogen (secondary N) is 1. The molecule has 3 rings (SSSR count). The first-order valence-electron chi connectivity index (χ1n) is 6.50. The van der Waals surface area contributed by atoms with Gasteiger partial charge in [-0.1, -0.05) is 12.1 Å². The van der Waals surface area contributed by atoms with Crippen molar-refractivity contribution in [1.82, 2.24) is 9.97 Å². The molecular formula is C16H14N2O3. The molecule has 0 fully saturated rings. The summed E-state index contributed by atoms with van der Waals surface area (Å²) in [6, 6.07) is 12.5. The lowest BCUT2D eigenvalue weighted by molar-refractivity contribution is 0.274. The summed E-state index contributed by atoms with van der Waals surface area (Å²) in [5.41, 5.74) is 1.82. The smallest absolute Gasteiger partial charge is 0.259 e. The Kier molecular flexibility index (Phi) is 3.41. The third kappa shape index (κ3) is 2.39. The standard InChI is InChI=1S/C16H14N2O3/c1-21-14-7-6-10(8-11(14)9-19)15-17-13-5-3-2-4-12(13)16(20)18-15/h2-8,19H,9H2,1H3,(H,17,18,20). The summed E-state index contributed by atoms with van der Waals surface area (Å²) in [5.74, 6) is 1.07. The van der Waals surface area contributed by atoms with E-state index < -0.39 is 0 Å². The van der Waals surface area contributed by atoms with Gasteiger partial charge in [-0.05, 0) is 30.3 Å². The number of ether oxygens (including phenoxy) is 1. The van der Waals surface area contributed by atoms with E-state index in [0.717, 1.165) is 5.56 Å². The number of aliphatic hydroxyl groups excluding tert-OH is 1. The Labute approximate surface area is 120 Å². The van der Waals surface area contributed by atoms with Crippen LogP contribution in [0.4, 0.5) is 0 Å². The Morgan fingerprint density at radius 2 is 2.05 bits per heavy atom. The number of aromatic nitrogens is 2. The first kappa shape index (κ1) is 13.3. The van der Waals surface area contributed by atoms with E-state index in [4.69, 9.17) is 4.74 Å². The first-order valence-corrected chi connectivity index (χ1v) is 6.50. The van der Waals surface area contributed by atoms with Crippen LogP contribution in [0.2, 0.25) is 0 Å². The largest absolute Gasteiger partial charge is 0.496 e. The van der Waals surface area contributed by atoms with Crippen LogP contribution in [0, 0.1) is 0 Å². The van der Waals surface area contributed by atoms with Gasteiger partial charge in [0.1, 0.15) is 11.6 Å². The summed E-state index contributed by atoms with van der Waals surface area (Å²) in [5, 5.41) is 9.93. The average Bonchev–Trinajstić information content (AvgIpc) is 2.54. The van der Waals surface area contributed by atoms with Crippen molar-refractivity contribution in [2.24, 2.45) is 0 Å². The van der Waals surface area contributed by atoms with Gasteiger partial charge in [0.25, 0.3) is 5.56 Å². The van der Waals surface area contributed by atoms with Gasteiger partial charge in [-0.15, -0.1) is 0 Å². The van der Waals surface area contributed by atoms with Crippen molar-refractivity contribution in [3.63, 3.8) is 0 Å². The molecule has 21 heavy (non-hydrogen) atoms. The lowest BCUT2D eigenvalue weighted by Gasteiger charge is -2.09. The number of aromatic amines is 1. The van der Waals surface area contributed by atoms with E-state index in [0.29, 0.717) is 28.0 Å². The van der Waals surface area contributed by atoms with E-state index >= 15 is 0 Å². The summed E-state index contributed by atoms with van der Waals surface area (Å²) >= 11 is 0. The van der Waals surface area contributed by atoms with Crippen LogP contribution in [0.15, 0.2) is 47.3 Å². The molecule has 5 heteroatoms. The van der Waals surface area contributed by atoms with Gasteiger partial charge < -0.3 is 14.8 Å². The Balaban J connectivity index is 2.18. The van der Waals surface area contributed by atoms with Crippen LogP contribution in [-0.2, 0) is 6.61 Å². The number of fused-ring (bicyclic) bond motifs is 1. The van der Waals surface area contributed by atoms with Gasteiger partial charge in [-0.3, -0.25) is 4.79 Å². The highest BCUT2D eigenvalue weighted by Crippen LogP contribution is 2.24. The number of hydrogen-bond acceptors (Lipinski definition) is 4. The van der Waals surface area contributed by atoms with Gasteiger partial charge in [-0.25, -0.2) is 4.98 Å². The number of para-hydroxylation sites is 1. The first-order chi connectivity index (χ1) is 10.2. The fraction of sp³-hybridized carbons (Fsp3) is 0.125. The summed E-state index contributed by atoms with van der Waals surface area (Å²) in [6.45, 7) is -0.144. The normalized spacial score (nSPS) is 10.8. The molecule has 0 saturated carbocycles. The summed E-state index contributed by atoms with van der Waals surface area (Å²) in [6.07, 6.45) is 0. The van der Waals surface area contributed by atoms with Crippen LogP contribution in [0.3, 0.4) is 0 Å². The number of aliphatic hydroxyl groups is 1. The molecule has 0 unspecified atom stereocenters. The molecule has 106 valence electrons. The van der Waals surface area contributed by atoms with E-state index in [1.165, 1.54) is 0 Å². The van der Waals surface area contributed by atoms with Crippen LogP contribution >= 0.6 is 0 Å². The molecule has 0 amide bonds. The summed E-state index contributed by atoms with van der Waals surface area (Å²) in [7, 11) is 1.55. The molecule has 2 aromatic carbocycles. The van der Waals surface area contributed by atoms with E-state index in [2.05, 4.69) is 9.97 Å². The third-order valence-corrected chi connectivity index (χ3v) is 3.34. The summed E-state index contributed by atoms with van der Waals surface area (Å²) < 4.78 is 5.17. The van der Waals surface area contributed by atoms with Crippen molar-refractivity contribution >= 4 is 10.9 Å². The zero-order valence-electron chi connectivity index (χ0n) is 11.5. The SMILES string of the molecule is COc1ccc(-c2nc3ccccc3c(=O)[nH]2)cc1CO. The van der Waals surface area contributed by atoms with Crippen molar-refractivity contribution in [2.75, 3.05) is 7.11 Å². The maximum atomic E-state index is 12.1. The van der Waals surface area contributed by atoms with Gasteiger partial charge in [-0.2, -0.15) is 0 Å². The molecule has 0 aliphatic rings. The third-order valence-electron chi connectivity index (χ3n) is 3.34. The monoisotopic (exact) mass is 282 g/mol. The lowest BCUT2D eigenvalue weighted by atomic mass is 10.1. The second-order valence-electron chi connectivity index (χ2n) is 4.62. The molecular weight excluding hydrogens is 268 g/mol. The molecule has 0 radical (unpaired) electrons. The minimum atomic E-state index is -0.183. The quantitative estimate of drug-likeness (QED) is 0.771. The van der Waals surface area contributed by atoms with E-state index in [9.17, 15) is 9.90 Å². The molecule has 0 bridgehead atoms. The molecule has 5 nitrogen and oxygen atoms in total. The zero-order chi connectivity index (χ0) is 14.8. The van der Waals surface area contributed by atoms with Crippen molar-refractivity contribution in [3.8, 4) is 17.1 Å². The van der Waals surface area contributed by atoms with E-state index in [1.807, 2.05) is 6.07 Å². The lowest BCUT2D eigenvalue weighted by Crippen LogP contribution is -2.09. The molecule has 0 aliphatic carbocycles. The van der Waals surface area contributed by atoms with Gasteiger partial charge >= 0.3 is 0 Å². The molecule has 0 saturated heterocycles. The fourth-order valence-electron chi connectivity index (χ4n) is 2.27. The van der Waals surface area contributed by atoms with Gasteiger partial charge in [0.05, 0.1) is 24.6 Å². The molecule has 0 spiro atoms. The molecule has 1 aromatic heterocycles. The molecule has 1 heterocycles. The predicted octanol–water partition coefficient (Wildman–Crippen LogP) is 2.09. The Hall–Kier alpha value is -2.66. The van der Waals surface area contributed by atoms with E-state index in [-0.39, 0.29) is 12.2 Å². The number of nitrogens with zero attached hydrogens (tertiary/aromatic N) is 1. The van der Waals surface area contributed by atoms with Gasteiger partial charge in [0.15, 0.2) is 0 Å². The van der Waals surface area contributed by atoms with Crippen LogP contribution in [0.25, 0.3) is 22.3 Å². The maximum Gasteiger partial charge on any atom is 0.259 e. The van der Waals surface area contributed by atoms with Crippen molar-refractivity contribution < 1.29 is 9.84 Å². The highest BCUT2D eigenvalue weighted by atomic mass is 16.5. The van der Waals surface area contributed by atoms with Crippen molar-refractivity contribution in [1.29, 1.82) is 0 Å². The highest BCUT2D eigenvalue weighted by Gasteiger charge is 2.09. The number of methoxy groups -OCH3 is 1. The fourth-order valence-corrected chi connectivity index (χ4v) is 2.27. The van der Waals surface area contributed by atoms with Crippen LogP contribution in [-0.4, -0.2) is 22.2 Å². The predicted molar refractivity (Wildman–Crippen MR) is 80.3 cm³/mol. The molecule has 0 atom stereocenters. The Morgan fingerprint density at radius 3 is 2.81 bits per heavy atom. The van der Waals surface area contributed by atoms with Gasteiger partial charge in [0, 0.05) is 11.1 Å². The van der Waals surface area contributed by atoms with Crippen LogP contribution in [0.1, 0.15) is 5.56 Å². The Bertz CT molecular complexity index is 856. The van der Waals surface area contributed by atoms with Crippen molar-refractivity contribution in [3.05, 3.63) is 58.4 Å². The number of H-pyrrole nitrogens is 1. The number of benzene rings is 2. The summed E-state index contributed by atoms with van der Waals surface area (Å²) in [4.78, 5) is 19.3. The topological polar surface area (TPSA) is 75.2 Å². The van der Waals surface area contributed by atoms with Crippen molar-refractivity contribution in [2.45, 2.75) is 6.61 Å². The van der Waals surface area contributed by atoms with Gasteiger partial charge in [0.2, 0.25) is 0 Å². The average molecular weight is 282 g/mol.